The summed E-state index contributed by atoms with van der Waals surface area (Å²) in [5, 5.41) is 0. The van der Waals surface area contributed by atoms with E-state index in [0.29, 0.717) is 18.1 Å². The zero-order valence-electron chi connectivity index (χ0n) is 14.0. The topological polar surface area (TPSA) is 58.8 Å². The minimum atomic E-state index is -0.748. The van der Waals surface area contributed by atoms with Gasteiger partial charge in [0.15, 0.2) is 0 Å². The lowest BCUT2D eigenvalue weighted by atomic mass is 9.94. The summed E-state index contributed by atoms with van der Waals surface area (Å²) < 4.78 is 5.78. The van der Waals surface area contributed by atoms with E-state index in [1.54, 1.807) is 13.8 Å². The van der Waals surface area contributed by atoms with Crippen molar-refractivity contribution in [3.8, 4) is 0 Å². The second kappa shape index (κ2) is 6.63. The molecule has 21 heavy (non-hydrogen) atoms. The van der Waals surface area contributed by atoms with Gasteiger partial charge in [0, 0.05) is 32.7 Å². The van der Waals surface area contributed by atoms with Crippen LogP contribution in [0.25, 0.3) is 0 Å². The predicted molar refractivity (Wildman–Crippen MR) is 84.0 cm³/mol. The Morgan fingerprint density at radius 3 is 2.19 bits per heavy atom. The first-order valence-electron chi connectivity index (χ1n) is 8.21. The molecule has 5 nitrogen and oxygen atoms in total. The SMILES string of the molecule is CC1CN(CC2CCN(C(=O)C(C)(C)N)CC2)CC(C)O1. The number of ether oxygens (including phenoxy) is 1. The molecule has 0 bridgehead atoms. The fourth-order valence-corrected chi connectivity index (χ4v) is 3.52. The molecule has 5 heteroatoms. The molecular formula is C16H31N3O2. The third kappa shape index (κ3) is 4.66. The molecule has 0 spiro atoms. The molecule has 0 aliphatic carbocycles. The Morgan fingerprint density at radius 1 is 1.19 bits per heavy atom. The summed E-state index contributed by atoms with van der Waals surface area (Å²) in [6, 6.07) is 0. The highest BCUT2D eigenvalue weighted by molar-refractivity contribution is 5.85. The van der Waals surface area contributed by atoms with E-state index in [4.69, 9.17) is 10.5 Å². The Bertz CT molecular complexity index is 349. The lowest BCUT2D eigenvalue weighted by Crippen LogP contribution is -2.54. The Hall–Kier alpha value is -0.650. The van der Waals surface area contributed by atoms with Crippen molar-refractivity contribution >= 4 is 5.91 Å². The van der Waals surface area contributed by atoms with E-state index >= 15 is 0 Å². The number of carbonyl (C=O) groups excluding carboxylic acids is 1. The molecule has 0 saturated carbocycles. The van der Waals surface area contributed by atoms with Crippen molar-refractivity contribution in [1.29, 1.82) is 0 Å². The van der Waals surface area contributed by atoms with Gasteiger partial charge in [-0.3, -0.25) is 9.69 Å². The van der Waals surface area contributed by atoms with Crippen molar-refractivity contribution in [3.05, 3.63) is 0 Å². The van der Waals surface area contributed by atoms with E-state index in [9.17, 15) is 4.79 Å². The second-order valence-electron chi connectivity index (χ2n) is 7.43. The number of carbonyl (C=O) groups is 1. The molecule has 1 amide bonds. The monoisotopic (exact) mass is 297 g/mol. The molecular weight excluding hydrogens is 266 g/mol. The van der Waals surface area contributed by atoms with E-state index < -0.39 is 5.54 Å². The van der Waals surface area contributed by atoms with Gasteiger partial charge in [-0.15, -0.1) is 0 Å². The number of morpholine rings is 1. The summed E-state index contributed by atoms with van der Waals surface area (Å²) in [4.78, 5) is 16.6. The van der Waals surface area contributed by atoms with Crippen LogP contribution in [0.1, 0.15) is 40.5 Å². The number of amides is 1. The standard InChI is InChI=1S/C16H31N3O2/c1-12-9-18(10-13(2)21-12)11-14-5-7-19(8-6-14)15(20)16(3,4)17/h12-14H,5-11,17H2,1-4H3. The first-order valence-corrected chi connectivity index (χ1v) is 8.21. The molecule has 2 aliphatic heterocycles. The predicted octanol–water partition coefficient (Wildman–Crippen LogP) is 1.07. The van der Waals surface area contributed by atoms with Gasteiger partial charge in [-0.2, -0.15) is 0 Å². The molecule has 0 aromatic carbocycles. The lowest BCUT2D eigenvalue weighted by Gasteiger charge is -2.40. The van der Waals surface area contributed by atoms with Gasteiger partial charge < -0.3 is 15.4 Å². The van der Waals surface area contributed by atoms with Gasteiger partial charge in [0.05, 0.1) is 17.7 Å². The summed E-state index contributed by atoms with van der Waals surface area (Å²) in [6.45, 7) is 12.8. The van der Waals surface area contributed by atoms with Crippen LogP contribution in [0.5, 0.6) is 0 Å². The first-order chi connectivity index (χ1) is 9.75. The number of hydrogen-bond acceptors (Lipinski definition) is 4. The van der Waals surface area contributed by atoms with Gasteiger partial charge in [0.2, 0.25) is 5.91 Å². The summed E-state index contributed by atoms with van der Waals surface area (Å²) >= 11 is 0. The van der Waals surface area contributed by atoms with Crippen LogP contribution in [0.2, 0.25) is 0 Å². The fraction of sp³-hybridized carbons (Fsp3) is 0.938. The second-order valence-corrected chi connectivity index (χ2v) is 7.43. The van der Waals surface area contributed by atoms with Gasteiger partial charge in [0.1, 0.15) is 0 Å². The molecule has 122 valence electrons. The molecule has 2 atom stereocenters. The normalized spacial score (nSPS) is 29.7. The minimum Gasteiger partial charge on any atom is -0.373 e. The van der Waals surface area contributed by atoms with Gasteiger partial charge in [-0.25, -0.2) is 0 Å². The highest BCUT2D eigenvalue weighted by atomic mass is 16.5. The molecule has 2 fully saturated rings. The van der Waals surface area contributed by atoms with Crippen LogP contribution in [-0.2, 0) is 9.53 Å². The lowest BCUT2D eigenvalue weighted by molar-refractivity contribution is -0.137. The molecule has 0 radical (unpaired) electrons. The quantitative estimate of drug-likeness (QED) is 0.846. The van der Waals surface area contributed by atoms with Gasteiger partial charge in [-0.05, 0) is 46.5 Å². The van der Waals surface area contributed by atoms with Gasteiger partial charge in [0.25, 0.3) is 0 Å². The van der Waals surface area contributed by atoms with Crippen LogP contribution in [0.3, 0.4) is 0 Å². The van der Waals surface area contributed by atoms with Crippen molar-refractivity contribution in [2.45, 2.75) is 58.3 Å². The molecule has 0 aromatic rings. The van der Waals surface area contributed by atoms with Crippen LogP contribution >= 0.6 is 0 Å². The third-order valence-electron chi connectivity index (χ3n) is 4.46. The largest absolute Gasteiger partial charge is 0.373 e. The highest BCUT2D eigenvalue weighted by Crippen LogP contribution is 2.22. The van der Waals surface area contributed by atoms with E-state index in [2.05, 4.69) is 18.7 Å². The summed E-state index contributed by atoms with van der Waals surface area (Å²) in [6.07, 6.45) is 2.83. The average Bonchev–Trinajstić information content (AvgIpc) is 2.36. The Kier molecular flexibility index (Phi) is 5.28. The third-order valence-corrected chi connectivity index (χ3v) is 4.46. The van der Waals surface area contributed by atoms with Crippen LogP contribution in [-0.4, -0.2) is 66.2 Å². The number of nitrogens with two attached hydrogens (primary N) is 1. The number of piperidine rings is 1. The number of rotatable bonds is 3. The van der Waals surface area contributed by atoms with Gasteiger partial charge >= 0.3 is 0 Å². The highest BCUT2D eigenvalue weighted by Gasteiger charge is 2.32. The molecule has 2 rings (SSSR count). The Balaban J connectivity index is 1.78. The van der Waals surface area contributed by atoms with E-state index in [-0.39, 0.29) is 5.91 Å². The zero-order valence-corrected chi connectivity index (χ0v) is 14.0. The van der Waals surface area contributed by atoms with Crippen molar-refractivity contribution in [1.82, 2.24) is 9.80 Å². The maximum atomic E-state index is 12.2. The van der Waals surface area contributed by atoms with Crippen molar-refractivity contribution in [2.24, 2.45) is 11.7 Å². The summed E-state index contributed by atoms with van der Waals surface area (Å²) in [5.41, 5.74) is 5.16. The Labute approximate surface area is 128 Å². The Morgan fingerprint density at radius 2 is 1.71 bits per heavy atom. The molecule has 2 aliphatic rings. The molecule has 2 heterocycles. The van der Waals surface area contributed by atoms with Crippen LogP contribution in [0.15, 0.2) is 0 Å². The number of nitrogens with zero attached hydrogens (tertiary/aromatic N) is 2. The van der Waals surface area contributed by atoms with E-state index in [0.717, 1.165) is 45.6 Å². The number of hydrogen-bond donors (Lipinski definition) is 1. The first kappa shape index (κ1) is 16.7. The summed E-state index contributed by atoms with van der Waals surface area (Å²) in [7, 11) is 0. The van der Waals surface area contributed by atoms with Crippen LogP contribution < -0.4 is 5.73 Å². The minimum absolute atomic E-state index is 0.0783. The molecule has 2 saturated heterocycles. The molecule has 2 N–H and O–H groups in total. The molecule has 2 unspecified atom stereocenters. The van der Waals surface area contributed by atoms with Crippen LogP contribution in [0, 0.1) is 5.92 Å². The maximum absolute atomic E-state index is 12.2. The average molecular weight is 297 g/mol. The van der Waals surface area contributed by atoms with E-state index in [1.807, 2.05) is 4.90 Å². The van der Waals surface area contributed by atoms with E-state index in [1.165, 1.54) is 0 Å². The van der Waals surface area contributed by atoms with Gasteiger partial charge in [-0.1, -0.05) is 0 Å². The maximum Gasteiger partial charge on any atom is 0.242 e. The number of likely N-dealkylation sites (tertiary alicyclic amines) is 1. The van der Waals surface area contributed by atoms with Crippen molar-refractivity contribution in [3.63, 3.8) is 0 Å². The molecule has 0 aromatic heterocycles. The van der Waals surface area contributed by atoms with Crippen LogP contribution in [0.4, 0.5) is 0 Å². The van der Waals surface area contributed by atoms with Crippen molar-refractivity contribution < 1.29 is 9.53 Å². The summed E-state index contributed by atoms with van der Waals surface area (Å²) in [5.74, 6) is 0.766. The smallest absolute Gasteiger partial charge is 0.242 e. The fourth-order valence-electron chi connectivity index (χ4n) is 3.52. The zero-order chi connectivity index (χ0) is 15.6. The van der Waals surface area contributed by atoms with Crippen molar-refractivity contribution in [2.75, 3.05) is 32.7 Å².